The molecule has 1 heteroatoms. The maximum atomic E-state index is 5.29. The van der Waals surface area contributed by atoms with Gasteiger partial charge in [-0.2, -0.15) is 0 Å². The van der Waals surface area contributed by atoms with Gasteiger partial charge in [0, 0.05) is 4.90 Å². The third kappa shape index (κ3) is 2.48. The predicted molar refractivity (Wildman–Crippen MR) is 71.4 cm³/mol. The molecule has 0 aliphatic carbocycles. The van der Waals surface area contributed by atoms with E-state index in [-0.39, 0.29) is 0 Å². The van der Waals surface area contributed by atoms with Crippen LogP contribution >= 0.6 is 11.8 Å². The summed E-state index contributed by atoms with van der Waals surface area (Å²) in [7, 11) is 0. The molecule has 78 valence electrons. The molecule has 0 heterocycles. The van der Waals surface area contributed by atoms with Crippen LogP contribution in [0.25, 0.3) is 11.1 Å². The van der Waals surface area contributed by atoms with Gasteiger partial charge in [0.05, 0.1) is 5.75 Å². The maximum absolute atomic E-state index is 5.29. The Hall–Kier alpha value is -1.65. The smallest absolute Gasteiger partial charge is 0.0592 e. The minimum Gasteiger partial charge on any atom is -0.119 e. The lowest BCUT2D eigenvalue weighted by Gasteiger charge is -2.07. The monoisotopic (exact) mass is 224 g/mol. The second-order valence-corrected chi connectivity index (χ2v) is 4.37. The van der Waals surface area contributed by atoms with Gasteiger partial charge in [-0.05, 0) is 17.2 Å². The van der Waals surface area contributed by atoms with Gasteiger partial charge in [0.1, 0.15) is 0 Å². The molecule has 0 aliphatic heterocycles. The van der Waals surface area contributed by atoms with Crippen LogP contribution in [0.5, 0.6) is 0 Å². The van der Waals surface area contributed by atoms with Crippen LogP contribution in [0, 0.1) is 12.3 Å². The van der Waals surface area contributed by atoms with Crippen molar-refractivity contribution in [3.8, 4) is 23.5 Å². The summed E-state index contributed by atoms with van der Waals surface area (Å²) in [5, 5.41) is 0. The first-order valence-corrected chi connectivity index (χ1v) is 6.11. The fourth-order valence-corrected chi connectivity index (χ4v) is 2.32. The van der Waals surface area contributed by atoms with Gasteiger partial charge in [-0.3, -0.25) is 0 Å². The third-order valence-electron chi connectivity index (χ3n) is 2.28. The first-order valence-electron chi connectivity index (χ1n) is 5.12. The predicted octanol–water partition coefficient (Wildman–Crippen LogP) is 4.08. The Labute approximate surface area is 101 Å². The lowest BCUT2D eigenvalue weighted by atomic mass is 10.1. The van der Waals surface area contributed by atoms with Crippen LogP contribution in [-0.4, -0.2) is 5.75 Å². The Kier molecular flexibility index (Phi) is 3.69. The summed E-state index contributed by atoms with van der Waals surface area (Å²) in [6, 6.07) is 18.7. The number of thioether (sulfide) groups is 1. The normalized spacial score (nSPS) is 9.69. The van der Waals surface area contributed by atoms with Crippen LogP contribution < -0.4 is 0 Å². The number of benzene rings is 2. The largest absolute Gasteiger partial charge is 0.119 e. The van der Waals surface area contributed by atoms with Crippen LogP contribution in [0.15, 0.2) is 59.5 Å². The van der Waals surface area contributed by atoms with E-state index in [1.807, 2.05) is 12.1 Å². The molecule has 0 bridgehead atoms. The molecule has 0 aliphatic rings. The van der Waals surface area contributed by atoms with Gasteiger partial charge < -0.3 is 0 Å². The van der Waals surface area contributed by atoms with E-state index in [2.05, 4.69) is 48.4 Å². The molecule has 2 aromatic rings. The van der Waals surface area contributed by atoms with Crippen LogP contribution in [0.4, 0.5) is 0 Å². The van der Waals surface area contributed by atoms with Crippen molar-refractivity contribution in [3.05, 3.63) is 54.6 Å². The number of hydrogen-bond acceptors (Lipinski definition) is 1. The van der Waals surface area contributed by atoms with Crippen molar-refractivity contribution in [1.29, 1.82) is 0 Å². The maximum Gasteiger partial charge on any atom is 0.0592 e. The lowest BCUT2D eigenvalue weighted by molar-refractivity contribution is 1.44. The quantitative estimate of drug-likeness (QED) is 0.559. The highest BCUT2D eigenvalue weighted by Gasteiger charge is 2.03. The molecule has 0 nitrogen and oxygen atoms in total. The molecule has 0 aromatic heterocycles. The third-order valence-corrected chi connectivity index (χ3v) is 3.26. The zero-order valence-electron chi connectivity index (χ0n) is 8.89. The molecule has 0 atom stereocenters. The molecule has 0 saturated carbocycles. The molecule has 0 saturated heterocycles. The van der Waals surface area contributed by atoms with Gasteiger partial charge in [0.25, 0.3) is 0 Å². The van der Waals surface area contributed by atoms with E-state index in [0.717, 1.165) is 0 Å². The van der Waals surface area contributed by atoms with Crippen molar-refractivity contribution in [2.75, 3.05) is 5.75 Å². The van der Waals surface area contributed by atoms with Gasteiger partial charge in [0.15, 0.2) is 0 Å². The molecule has 0 amide bonds. The molecule has 0 N–H and O–H groups in total. The molecular formula is C15H12S. The van der Waals surface area contributed by atoms with E-state index in [1.165, 1.54) is 16.0 Å². The minimum atomic E-state index is 0.712. The van der Waals surface area contributed by atoms with E-state index in [1.54, 1.807) is 11.8 Å². The summed E-state index contributed by atoms with van der Waals surface area (Å²) in [5.74, 6) is 3.37. The molecule has 2 aromatic carbocycles. The highest BCUT2D eigenvalue weighted by atomic mass is 32.2. The SMILES string of the molecule is C#CCSc1ccccc1-c1ccccc1. The Morgan fingerprint density at radius 1 is 0.938 bits per heavy atom. The van der Waals surface area contributed by atoms with Crippen molar-refractivity contribution in [2.24, 2.45) is 0 Å². The Bertz CT molecular complexity index is 494. The summed E-state index contributed by atoms with van der Waals surface area (Å²) in [5.41, 5.74) is 2.49. The fraction of sp³-hybridized carbons (Fsp3) is 0.0667. The van der Waals surface area contributed by atoms with Crippen molar-refractivity contribution in [3.63, 3.8) is 0 Å². The standard InChI is InChI=1S/C15H12S/c1-2-12-16-15-11-7-6-10-14(15)13-8-4-3-5-9-13/h1,3-11H,12H2. The van der Waals surface area contributed by atoms with Crippen molar-refractivity contribution < 1.29 is 0 Å². The first kappa shape index (κ1) is 10.9. The summed E-state index contributed by atoms with van der Waals surface area (Å²) in [6.45, 7) is 0. The molecule has 0 radical (unpaired) electrons. The van der Waals surface area contributed by atoms with E-state index < -0.39 is 0 Å². The van der Waals surface area contributed by atoms with Crippen molar-refractivity contribution in [1.82, 2.24) is 0 Å². The highest BCUT2D eigenvalue weighted by molar-refractivity contribution is 7.99. The Balaban J connectivity index is 2.38. The van der Waals surface area contributed by atoms with E-state index in [9.17, 15) is 0 Å². The molecule has 16 heavy (non-hydrogen) atoms. The topological polar surface area (TPSA) is 0 Å². The molecule has 0 spiro atoms. The lowest BCUT2D eigenvalue weighted by Crippen LogP contribution is -1.82. The van der Waals surface area contributed by atoms with Gasteiger partial charge in [-0.15, -0.1) is 18.2 Å². The minimum absolute atomic E-state index is 0.712. The van der Waals surface area contributed by atoms with Crippen LogP contribution in [0.1, 0.15) is 0 Å². The molecular weight excluding hydrogens is 212 g/mol. The highest BCUT2D eigenvalue weighted by Crippen LogP contribution is 2.30. The summed E-state index contributed by atoms with van der Waals surface area (Å²) in [6.07, 6.45) is 5.29. The van der Waals surface area contributed by atoms with E-state index in [4.69, 9.17) is 6.42 Å². The Morgan fingerprint density at radius 3 is 2.38 bits per heavy atom. The first-order chi connectivity index (χ1) is 7.92. The fourth-order valence-electron chi connectivity index (χ4n) is 1.57. The second kappa shape index (κ2) is 5.44. The number of rotatable bonds is 3. The summed E-state index contributed by atoms with van der Waals surface area (Å²) in [4.78, 5) is 1.24. The molecule has 2 rings (SSSR count). The van der Waals surface area contributed by atoms with E-state index >= 15 is 0 Å². The molecule has 0 fully saturated rings. The van der Waals surface area contributed by atoms with E-state index in [0.29, 0.717) is 5.75 Å². The van der Waals surface area contributed by atoms with Gasteiger partial charge in [-0.1, -0.05) is 54.5 Å². The molecule has 0 unspecified atom stereocenters. The average molecular weight is 224 g/mol. The van der Waals surface area contributed by atoms with Crippen molar-refractivity contribution in [2.45, 2.75) is 4.90 Å². The summed E-state index contributed by atoms with van der Waals surface area (Å²) >= 11 is 1.71. The van der Waals surface area contributed by atoms with Gasteiger partial charge in [0.2, 0.25) is 0 Å². The Morgan fingerprint density at radius 2 is 1.62 bits per heavy atom. The van der Waals surface area contributed by atoms with Crippen LogP contribution in [-0.2, 0) is 0 Å². The summed E-state index contributed by atoms with van der Waals surface area (Å²) < 4.78 is 0. The average Bonchev–Trinajstić information content (AvgIpc) is 2.38. The van der Waals surface area contributed by atoms with Crippen LogP contribution in [0.3, 0.4) is 0 Å². The zero-order chi connectivity index (χ0) is 11.2. The zero-order valence-corrected chi connectivity index (χ0v) is 9.71. The van der Waals surface area contributed by atoms with Crippen molar-refractivity contribution >= 4 is 11.8 Å². The number of hydrogen-bond donors (Lipinski definition) is 0. The number of terminal acetylenes is 1. The second-order valence-electron chi connectivity index (χ2n) is 3.35. The van der Waals surface area contributed by atoms with Gasteiger partial charge >= 0.3 is 0 Å². The van der Waals surface area contributed by atoms with Crippen LogP contribution in [0.2, 0.25) is 0 Å². The van der Waals surface area contributed by atoms with Gasteiger partial charge in [-0.25, -0.2) is 0 Å².